The van der Waals surface area contributed by atoms with Crippen molar-refractivity contribution in [2.75, 3.05) is 33.5 Å². The molecule has 0 aromatic rings. The van der Waals surface area contributed by atoms with E-state index in [1.165, 1.54) is 0 Å². The maximum atomic E-state index is 9.92. The van der Waals surface area contributed by atoms with E-state index in [-0.39, 0.29) is 19.8 Å². The molecule has 0 saturated heterocycles. The lowest BCUT2D eigenvalue weighted by Crippen LogP contribution is -2.51. The van der Waals surface area contributed by atoms with E-state index < -0.39 is 23.2 Å². The highest BCUT2D eigenvalue weighted by Gasteiger charge is 2.41. The van der Waals surface area contributed by atoms with Crippen molar-refractivity contribution in [1.29, 1.82) is 0 Å². The molecule has 0 aromatic heterocycles. The zero-order valence-corrected chi connectivity index (χ0v) is 14.5. The summed E-state index contributed by atoms with van der Waals surface area (Å²) in [6.07, 6.45) is -0.222. The molecular formula is C11H28O7Si2. The van der Waals surface area contributed by atoms with Gasteiger partial charge in [0, 0.05) is 26.4 Å². The van der Waals surface area contributed by atoms with Crippen LogP contribution in [0.1, 0.15) is 6.42 Å². The maximum absolute atomic E-state index is 9.92. The summed E-state index contributed by atoms with van der Waals surface area (Å²) in [6, 6.07) is 0.996. The van der Waals surface area contributed by atoms with Crippen molar-refractivity contribution < 1.29 is 33.4 Å². The van der Waals surface area contributed by atoms with E-state index in [0.717, 1.165) is 0 Å². The average molecular weight is 329 g/mol. The third-order valence-corrected chi connectivity index (χ3v) is 9.00. The molecule has 0 aliphatic rings. The summed E-state index contributed by atoms with van der Waals surface area (Å²) < 4.78 is 16.5. The predicted molar refractivity (Wildman–Crippen MR) is 78.8 cm³/mol. The van der Waals surface area contributed by atoms with Gasteiger partial charge in [-0.05, 0) is 25.6 Å². The molecule has 0 fully saturated rings. The molecule has 0 radical (unpaired) electrons. The zero-order chi connectivity index (χ0) is 15.6. The van der Waals surface area contributed by atoms with Crippen LogP contribution >= 0.6 is 0 Å². The van der Waals surface area contributed by atoms with Crippen molar-refractivity contribution in [3.63, 3.8) is 0 Å². The van der Waals surface area contributed by atoms with Crippen molar-refractivity contribution in [2.24, 2.45) is 0 Å². The topological polar surface area (TPSA) is 109 Å². The van der Waals surface area contributed by atoms with Gasteiger partial charge < -0.3 is 33.4 Å². The minimum atomic E-state index is -2.73. The molecule has 0 amide bonds. The van der Waals surface area contributed by atoms with Crippen LogP contribution in [0, 0.1) is 0 Å². The first-order valence-electron chi connectivity index (χ1n) is 6.74. The summed E-state index contributed by atoms with van der Waals surface area (Å²) in [5, 5.41) is 26.9. The van der Waals surface area contributed by atoms with Crippen LogP contribution in [-0.2, 0) is 13.3 Å². The van der Waals surface area contributed by atoms with E-state index >= 15 is 0 Å². The molecule has 20 heavy (non-hydrogen) atoms. The molecule has 0 rings (SSSR count). The van der Waals surface area contributed by atoms with Crippen molar-refractivity contribution in [1.82, 2.24) is 0 Å². The molecule has 122 valence electrons. The van der Waals surface area contributed by atoms with Gasteiger partial charge in [-0.3, -0.25) is 0 Å². The lowest BCUT2D eigenvalue weighted by atomic mass is 10.4. The predicted octanol–water partition coefficient (Wildman–Crippen LogP) is -0.462. The Balaban J connectivity index is 4.23. The zero-order valence-electron chi connectivity index (χ0n) is 12.5. The van der Waals surface area contributed by atoms with Crippen molar-refractivity contribution >= 4 is 17.1 Å². The average Bonchev–Trinajstić information content (AvgIpc) is 2.36. The van der Waals surface area contributed by atoms with E-state index in [2.05, 4.69) is 0 Å². The van der Waals surface area contributed by atoms with Crippen LogP contribution in [-0.4, -0.2) is 76.9 Å². The highest BCUT2D eigenvalue weighted by molar-refractivity contribution is 6.79. The number of ether oxygens (including phenoxy) is 1. The molecule has 4 N–H and O–H groups in total. The first kappa shape index (κ1) is 20.2. The van der Waals surface area contributed by atoms with Gasteiger partial charge in [0.25, 0.3) is 0 Å². The minimum absolute atomic E-state index is 0.0470. The Morgan fingerprint density at radius 1 is 1.15 bits per heavy atom. The van der Waals surface area contributed by atoms with E-state index in [9.17, 15) is 4.80 Å². The number of hydrogen-bond acceptors (Lipinski definition) is 7. The van der Waals surface area contributed by atoms with E-state index in [1.807, 2.05) is 0 Å². The summed E-state index contributed by atoms with van der Waals surface area (Å²) in [4.78, 5) is 9.92. The summed E-state index contributed by atoms with van der Waals surface area (Å²) in [7, 11) is -3.81. The molecule has 2 unspecified atom stereocenters. The van der Waals surface area contributed by atoms with Gasteiger partial charge in [-0.25, -0.2) is 0 Å². The third-order valence-electron chi connectivity index (χ3n) is 2.67. The van der Waals surface area contributed by atoms with Gasteiger partial charge in [-0.15, -0.1) is 0 Å². The van der Waals surface area contributed by atoms with E-state index in [4.69, 9.17) is 28.6 Å². The minimum Gasteiger partial charge on any atom is -0.415 e. The molecule has 0 aromatic carbocycles. The monoisotopic (exact) mass is 328 g/mol. The van der Waals surface area contributed by atoms with Gasteiger partial charge in [-0.1, -0.05) is 0 Å². The molecule has 9 heteroatoms. The molecule has 0 saturated carbocycles. The van der Waals surface area contributed by atoms with Gasteiger partial charge in [0.05, 0.1) is 13.2 Å². The SMILES string of the molecule is CO[Si](CCO)(CCCOCC(O)CO)O[Si](C)(C)O. The molecule has 0 aliphatic heterocycles. The van der Waals surface area contributed by atoms with E-state index in [1.54, 1.807) is 20.2 Å². The Labute approximate surface area is 122 Å². The number of aliphatic hydroxyl groups is 3. The quantitative estimate of drug-likeness (QED) is 0.283. The Hall–Kier alpha value is 0.154. The van der Waals surface area contributed by atoms with Crippen LogP contribution in [0.4, 0.5) is 0 Å². The summed E-state index contributed by atoms with van der Waals surface area (Å²) in [6.45, 7) is 3.44. The smallest absolute Gasteiger partial charge is 0.331 e. The first-order valence-corrected chi connectivity index (χ1v) is 11.8. The lowest BCUT2D eigenvalue weighted by molar-refractivity contribution is 0.00613. The van der Waals surface area contributed by atoms with Gasteiger partial charge in [0.2, 0.25) is 0 Å². The Morgan fingerprint density at radius 3 is 2.25 bits per heavy atom. The fraction of sp³-hybridized carbons (Fsp3) is 1.00. The molecule has 2 atom stereocenters. The highest BCUT2D eigenvalue weighted by atomic mass is 28.5. The van der Waals surface area contributed by atoms with Gasteiger partial charge in [0.1, 0.15) is 6.10 Å². The van der Waals surface area contributed by atoms with Gasteiger partial charge in [-0.2, -0.15) is 0 Å². The fourth-order valence-electron chi connectivity index (χ4n) is 1.81. The third kappa shape index (κ3) is 9.16. The summed E-state index contributed by atoms with van der Waals surface area (Å²) in [5.41, 5.74) is 0. The van der Waals surface area contributed by atoms with Crippen molar-refractivity contribution in [2.45, 2.75) is 37.7 Å². The standard InChI is InChI=1S/C11H28O7Si2/c1-16-20(8-5-12,18-19(2,3)15)7-4-6-17-10-11(14)9-13/h11-15H,4-10H2,1-3H3. The largest absolute Gasteiger partial charge is 0.415 e. The molecule has 0 spiro atoms. The van der Waals surface area contributed by atoms with Crippen LogP contribution in [0.5, 0.6) is 0 Å². The molecular weight excluding hydrogens is 300 g/mol. The fourth-order valence-corrected chi connectivity index (χ4v) is 8.29. The lowest BCUT2D eigenvalue weighted by Gasteiger charge is -2.33. The molecule has 7 nitrogen and oxygen atoms in total. The second-order valence-electron chi connectivity index (χ2n) is 5.15. The van der Waals surface area contributed by atoms with Gasteiger partial charge in [0.15, 0.2) is 0 Å². The molecule has 0 heterocycles. The Morgan fingerprint density at radius 2 is 1.80 bits per heavy atom. The van der Waals surface area contributed by atoms with Crippen LogP contribution in [0.25, 0.3) is 0 Å². The van der Waals surface area contributed by atoms with Crippen molar-refractivity contribution in [3.8, 4) is 0 Å². The number of hydrogen-bond donors (Lipinski definition) is 4. The van der Waals surface area contributed by atoms with E-state index in [0.29, 0.717) is 25.1 Å². The molecule has 0 bridgehead atoms. The number of aliphatic hydroxyl groups excluding tert-OH is 3. The normalized spacial score (nSPS) is 16.9. The molecule has 0 aliphatic carbocycles. The second kappa shape index (κ2) is 9.98. The summed E-state index contributed by atoms with van der Waals surface area (Å²) in [5.74, 6) is 0. The van der Waals surface area contributed by atoms with Crippen LogP contribution < -0.4 is 0 Å². The van der Waals surface area contributed by atoms with Crippen LogP contribution in [0.2, 0.25) is 25.2 Å². The maximum Gasteiger partial charge on any atom is 0.331 e. The van der Waals surface area contributed by atoms with Crippen LogP contribution in [0.15, 0.2) is 0 Å². The van der Waals surface area contributed by atoms with Crippen LogP contribution in [0.3, 0.4) is 0 Å². The summed E-state index contributed by atoms with van der Waals surface area (Å²) >= 11 is 0. The Bertz CT molecular complexity index is 249. The Kier molecular flexibility index (Phi) is 10.1. The highest BCUT2D eigenvalue weighted by Crippen LogP contribution is 2.23. The van der Waals surface area contributed by atoms with Crippen molar-refractivity contribution in [3.05, 3.63) is 0 Å². The second-order valence-corrected chi connectivity index (χ2v) is 12.1. The number of rotatable bonds is 12. The first-order chi connectivity index (χ1) is 9.28. The van der Waals surface area contributed by atoms with Gasteiger partial charge >= 0.3 is 17.1 Å².